The molecular formula is C21H31N3O. The monoisotopic (exact) mass is 341 g/mol. The highest BCUT2D eigenvalue weighted by molar-refractivity contribution is 5.74. The number of nitrogens with one attached hydrogen (secondary N) is 1. The molecule has 0 aliphatic heterocycles. The third-order valence-corrected chi connectivity index (χ3v) is 4.74. The lowest BCUT2D eigenvalue weighted by molar-refractivity contribution is 0.156. The maximum Gasteiger partial charge on any atom is 0.317 e. The molecule has 1 heterocycles. The molecule has 0 fully saturated rings. The van der Waals surface area contributed by atoms with Gasteiger partial charge in [0.15, 0.2) is 0 Å². The van der Waals surface area contributed by atoms with Gasteiger partial charge in [0.25, 0.3) is 0 Å². The number of hydrogen-bond acceptors (Lipinski definition) is 1. The van der Waals surface area contributed by atoms with Gasteiger partial charge in [0, 0.05) is 31.0 Å². The molecule has 0 saturated heterocycles. The molecule has 2 aromatic rings. The molecule has 25 heavy (non-hydrogen) atoms. The summed E-state index contributed by atoms with van der Waals surface area (Å²) in [7, 11) is 0. The first kappa shape index (κ1) is 19.1. The van der Waals surface area contributed by atoms with Crippen LogP contribution >= 0.6 is 0 Å². The maximum absolute atomic E-state index is 12.5. The summed E-state index contributed by atoms with van der Waals surface area (Å²) in [5.41, 5.74) is 3.70. The van der Waals surface area contributed by atoms with Gasteiger partial charge in [-0.1, -0.05) is 43.7 Å². The summed E-state index contributed by atoms with van der Waals surface area (Å²) in [5, 5.41) is 2.95. The highest BCUT2D eigenvalue weighted by Crippen LogP contribution is 2.17. The van der Waals surface area contributed by atoms with Crippen LogP contribution in [-0.4, -0.2) is 28.1 Å². The van der Waals surface area contributed by atoms with Crippen LogP contribution in [-0.2, 0) is 13.1 Å². The zero-order valence-corrected chi connectivity index (χ0v) is 16.1. The molecule has 1 atom stereocenters. The standard InChI is InChI=1S/C21H31N3O/c1-6-22-21(25)24(18(5)16(2)3)15-20-11-8-12-23(20)14-19-10-7-9-17(4)13-19/h7-13,16,18H,6,14-15H2,1-5H3,(H,22,25). The van der Waals surface area contributed by atoms with Gasteiger partial charge in [-0.25, -0.2) is 4.79 Å². The minimum Gasteiger partial charge on any atom is -0.345 e. The third-order valence-electron chi connectivity index (χ3n) is 4.74. The summed E-state index contributed by atoms with van der Waals surface area (Å²) in [4.78, 5) is 14.5. The number of aryl methyl sites for hydroxylation is 1. The number of hydrogen-bond donors (Lipinski definition) is 1. The second-order valence-electron chi connectivity index (χ2n) is 7.06. The fraction of sp³-hybridized carbons (Fsp3) is 0.476. The van der Waals surface area contributed by atoms with Gasteiger partial charge in [0.2, 0.25) is 0 Å². The van der Waals surface area contributed by atoms with E-state index in [1.807, 2.05) is 11.8 Å². The second-order valence-corrected chi connectivity index (χ2v) is 7.06. The summed E-state index contributed by atoms with van der Waals surface area (Å²) in [6.45, 7) is 12.6. The average molecular weight is 341 g/mol. The van der Waals surface area contributed by atoms with Crippen molar-refractivity contribution in [2.24, 2.45) is 5.92 Å². The Balaban J connectivity index is 2.19. The highest BCUT2D eigenvalue weighted by atomic mass is 16.2. The Hall–Kier alpha value is -2.23. The van der Waals surface area contributed by atoms with Gasteiger partial charge in [-0.2, -0.15) is 0 Å². The van der Waals surface area contributed by atoms with E-state index in [1.165, 1.54) is 11.1 Å². The lowest BCUT2D eigenvalue weighted by Gasteiger charge is -2.32. The Bertz CT molecular complexity index is 690. The number of carbonyl (C=O) groups excluding carboxylic acids is 1. The van der Waals surface area contributed by atoms with Crippen molar-refractivity contribution in [2.75, 3.05) is 6.54 Å². The molecule has 136 valence electrons. The van der Waals surface area contributed by atoms with Gasteiger partial charge >= 0.3 is 6.03 Å². The summed E-state index contributed by atoms with van der Waals surface area (Å²) >= 11 is 0. The summed E-state index contributed by atoms with van der Waals surface area (Å²) in [5.74, 6) is 0.405. The smallest absolute Gasteiger partial charge is 0.317 e. The van der Waals surface area contributed by atoms with Gasteiger partial charge in [0.1, 0.15) is 0 Å². The van der Waals surface area contributed by atoms with Gasteiger partial charge in [-0.05, 0) is 44.4 Å². The molecule has 0 spiro atoms. The fourth-order valence-electron chi connectivity index (χ4n) is 2.94. The molecule has 0 radical (unpaired) electrons. The van der Waals surface area contributed by atoms with Crippen LogP contribution in [0.3, 0.4) is 0 Å². The van der Waals surface area contributed by atoms with Crippen molar-refractivity contribution in [1.29, 1.82) is 0 Å². The molecule has 1 N–H and O–H groups in total. The molecule has 0 aliphatic carbocycles. The van der Waals surface area contributed by atoms with Crippen molar-refractivity contribution in [2.45, 2.75) is 53.8 Å². The van der Waals surface area contributed by atoms with Gasteiger partial charge in [-0.15, -0.1) is 0 Å². The van der Waals surface area contributed by atoms with Crippen LogP contribution in [0.25, 0.3) is 0 Å². The Morgan fingerprint density at radius 1 is 1.20 bits per heavy atom. The lowest BCUT2D eigenvalue weighted by Crippen LogP contribution is -2.46. The van der Waals surface area contributed by atoms with Crippen LogP contribution in [0.15, 0.2) is 42.6 Å². The third kappa shape index (κ3) is 5.12. The van der Waals surface area contributed by atoms with E-state index in [0.717, 1.165) is 12.2 Å². The Morgan fingerprint density at radius 2 is 1.96 bits per heavy atom. The number of carbonyl (C=O) groups is 1. The fourth-order valence-corrected chi connectivity index (χ4v) is 2.94. The average Bonchev–Trinajstić information content (AvgIpc) is 2.99. The number of amides is 2. The minimum absolute atomic E-state index is 0.00649. The molecule has 1 aromatic carbocycles. The number of nitrogens with zero attached hydrogens (tertiary/aromatic N) is 2. The molecule has 0 aliphatic rings. The van der Waals surface area contributed by atoms with Crippen LogP contribution in [0.5, 0.6) is 0 Å². The first-order chi connectivity index (χ1) is 11.9. The van der Waals surface area contributed by atoms with Crippen LogP contribution < -0.4 is 5.32 Å². The second kappa shape index (κ2) is 8.75. The Labute approximate surface area is 151 Å². The molecule has 4 heteroatoms. The van der Waals surface area contributed by atoms with Crippen molar-refractivity contribution in [3.63, 3.8) is 0 Å². The maximum atomic E-state index is 12.5. The largest absolute Gasteiger partial charge is 0.345 e. The Kier molecular flexibility index (Phi) is 6.68. The summed E-state index contributed by atoms with van der Waals surface area (Å²) in [6, 6.07) is 12.9. The number of aromatic nitrogens is 1. The summed E-state index contributed by atoms with van der Waals surface area (Å²) in [6.07, 6.45) is 2.09. The van der Waals surface area contributed by atoms with E-state index >= 15 is 0 Å². The molecular weight excluding hydrogens is 310 g/mol. The molecule has 0 bridgehead atoms. The van der Waals surface area contributed by atoms with E-state index in [2.05, 4.69) is 80.2 Å². The van der Waals surface area contributed by atoms with Crippen molar-refractivity contribution in [3.8, 4) is 0 Å². The zero-order valence-electron chi connectivity index (χ0n) is 16.1. The van der Waals surface area contributed by atoms with E-state index in [1.54, 1.807) is 0 Å². The quantitative estimate of drug-likeness (QED) is 0.795. The number of rotatable bonds is 7. The predicted molar refractivity (Wildman–Crippen MR) is 104 cm³/mol. The minimum atomic E-state index is 0.00649. The van der Waals surface area contributed by atoms with E-state index < -0.39 is 0 Å². The molecule has 1 unspecified atom stereocenters. The lowest BCUT2D eigenvalue weighted by atomic mass is 10.0. The van der Waals surface area contributed by atoms with Crippen molar-refractivity contribution in [3.05, 3.63) is 59.4 Å². The van der Waals surface area contributed by atoms with Crippen molar-refractivity contribution < 1.29 is 4.79 Å². The molecule has 1 aromatic heterocycles. The van der Waals surface area contributed by atoms with E-state index in [4.69, 9.17) is 0 Å². The topological polar surface area (TPSA) is 37.3 Å². The van der Waals surface area contributed by atoms with Gasteiger partial charge in [0.05, 0.1) is 6.54 Å². The SMILES string of the molecule is CCNC(=O)N(Cc1cccn1Cc1cccc(C)c1)C(C)C(C)C. The number of urea groups is 1. The summed E-state index contributed by atoms with van der Waals surface area (Å²) < 4.78 is 2.23. The molecule has 0 saturated carbocycles. The normalized spacial score (nSPS) is 12.2. The van der Waals surface area contributed by atoms with Crippen molar-refractivity contribution in [1.82, 2.24) is 14.8 Å². The first-order valence-electron chi connectivity index (χ1n) is 9.16. The van der Waals surface area contributed by atoms with Crippen LogP contribution in [0.1, 0.15) is 44.5 Å². The van der Waals surface area contributed by atoms with E-state index in [9.17, 15) is 4.79 Å². The zero-order chi connectivity index (χ0) is 18.4. The Morgan fingerprint density at radius 3 is 2.60 bits per heavy atom. The van der Waals surface area contributed by atoms with E-state index in [-0.39, 0.29) is 12.1 Å². The van der Waals surface area contributed by atoms with Crippen LogP contribution in [0.2, 0.25) is 0 Å². The predicted octanol–water partition coefficient (Wildman–Crippen LogP) is 4.42. The number of benzene rings is 1. The molecule has 2 amide bonds. The molecule has 2 rings (SSSR count). The first-order valence-corrected chi connectivity index (χ1v) is 9.16. The van der Waals surface area contributed by atoms with E-state index in [0.29, 0.717) is 19.0 Å². The van der Waals surface area contributed by atoms with Crippen LogP contribution in [0.4, 0.5) is 4.79 Å². The van der Waals surface area contributed by atoms with Crippen molar-refractivity contribution >= 4 is 6.03 Å². The highest BCUT2D eigenvalue weighted by Gasteiger charge is 2.23. The molecule has 4 nitrogen and oxygen atoms in total. The van der Waals surface area contributed by atoms with Gasteiger partial charge < -0.3 is 14.8 Å². The van der Waals surface area contributed by atoms with Crippen LogP contribution in [0, 0.1) is 12.8 Å². The van der Waals surface area contributed by atoms with Gasteiger partial charge in [-0.3, -0.25) is 0 Å².